The van der Waals surface area contributed by atoms with Crippen LogP contribution < -0.4 is 5.73 Å². The Morgan fingerprint density at radius 2 is 1.89 bits per heavy atom. The molecule has 0 fully saturated rings. The van der Waals surface area contributed by atoms with Crippen LogP contribution in [0.3, 0.4) is 0 Å². The van der Waals surface area contributed by atoms with E-state index < -0.39 is 6.04 Å². The smallest absolute Gasteiger partial charge is 0.323 e. The van der Waals surface area contributed by atoms with E-state index in [1.165, 1.54) is 19.3 Å². The number of nitrogens with two attached hydrogens (primary N) is 1. The van der Waals surface area contributed by atoms with E-state index in [0.29, 0.717) is 13.0 Å². The molecule has 0 aromatic heterocycles. The maximum Gasteiger partial charge on any atom is 0.323 e. The van der Waals surface area contributed by atoms with Crippen LogP contribution in [-0.4, -0.2) is 31.8 Å². The lowest BCUT2D eigenvalue weighted by atomic mass is 10.1. The highest BCUT2D eigenvalue weighted by atomic mass is 16.5. The summed E-state index contributed by atoms with van der Waals surface area (Å²) in [6, 6.07) is -0.516. The number of carbonyl (C=O) groups is 1. The van der Waals surface area contributed by atoms with Crippen LogP contribution in [0.5, 0.6) is 0 Å². The Morgan fingerprint density at radius 1 is 1.17 bits per heavy atom. The van der Waals surface area contributed by atoms with E-state index in [-0.39, 0.29) is 12.1 Å². The number of hydrogen-bond donors (Lipinski definition) is 1. The van der Waals surface area contributed by atoms with Crippen LogP contribution in [0.2, 0.25) is 0 Å². The van der Waals surface area contributed by atoms with Gasteiger partial charge in [-0.2, -0.15) is 0 Å². The van der Waals surface area contributed by atoms with Crippen LogP contribution >= 0.6 is 0 Å². The lowest BCUT2D eigenvalue weighted by Crippen LogP contribution is -2.34. The first-order valence-electron chi connectivity index (χ1n) is 7.06. The standard InChI is InChI=1S/C14H29NO3/c1-4-5-6-7-9-12(2)18-14(16)13(15)10-8-11-17-3/h12-13H,4-11,15H2,1-3H3. The van der Waals surface area contributed by atoms with Gasteiger partial charge < -0.3 is 15.2 Å². The van der Waals surface area contributed by atoms with E-state index in [2.05, 4.69) is 6.92 Å². The van der Waals surface area contributed by atoms with Crippen molar-refractivity contribution < 1.29 is 14.3 Å². The van der Waals surface area contributed by atoms with Gasteiger partial charge in [0.15, 0.2) is 0 Å². The lowest BCUT2D eigenvalue weighted by Gasteiger charge is -2.16. The van der Waals surface area contributed by atoms with Gasteiger partial charge >= 0.3 is 5.97 Å². The molecule has 108 valence electrons. The molecule has 0 heterocycles. The third-order valence-corrected chi connectivity index (χ3v) is 2.95. The molecule has 0 amide bonds. The fraction of sp³-hybridized carbons (Fsp3) is 0.929. The molecule has 2 N–H and O–H groups in total. The first-order valence-corrected chi connectivity index (χ1v) is 7.06. The van der Waals surface area contributed by atoms with Gasteiger partial charge in [0.2, 0.25) is 0 Å². The summed E-state index contributed by atoms with van der Waals surface area (Å²) in [7, 11) is 1.64. The molecule has 0 bridgehead atoms. The molecule has 18 heavy (non-hydrogen) atoms. The molecule has 2 unspecified atom stereocenters. The fourth-order valence-electron chi connectivity index (χ4n) is 1.77. The lowest BCUT2D eigenvalue weighted by molar-refractivity contribution is -0.150. The minimum atomic E-state index is -0.516. The molecule has 0 radical (unpaired) electrons. The van der Waals surface area contributed by atoms with Crippen molar-refractivity contribution in [2.45, 2.75) is 70.9 Å². The minimum Gasteiger partial charge on any atom is -0.462 e. The van der Waals surface area contributed by atoms with Crippen LogP contribution in [0.4, 0.5) is 0 Å². The molecule has 2 atom stereocenters. The summed E-state index contributed by atoms with van der Waals surface area (Å²) in [4.78, 5) is 11.6. The van der Waals surface area contributed by atoms with Gasteiger partial charge in [0.05, 0.1) is 6.10 Å². The van der Waals surface area contributed by atoms with Crippen LogP contribution in [-0.2, 0) is 14.3 Å². The topological polar surface area (TPSA) is 61.5 Å². The zero-order valence-corrected chi connectivity index (χ0v) is 12.1. The minimum absolute atomic E-state index is 0.0252. The van der Waals surface area contributed by atoms with Gasteiger partial charge in [-0.05, 0) is 32.6 Å². The highest BCUT2D eigenvalue weighted by Gasteiger charge is 2.17. The number of esters is 1. The van der Waals surface area contributed by atoms with E-state index in [1.54, 1.807) is 7.11 Å². The van der Waals surface area contributed by atoms with Crippen molar-refractivity contribution >= 4 is 5.97 Å². The molecule has 0 spiro atoms. The van der Waals surface area contributed by atoms with E-state index in [1.807, 2.05) is 6.92 Å². The molecule has 4 nitrogen and oxygen atoms in total. The quantitative estimate of drug-likeness (QED) is 0.458. The summed E-state index contributed by atoms with van der Waals surface area (Å²) in [6.07, 6.45) is 7.10. The summed E-state index contributed by atoms with van der Waals surface area (Å²) >= 11 is 0. The molecule has 0 aromatic carbocycles. The molecule has 0 aliphatic rings. The largest absolute Gasteiger partial charge is 0.462 e. The van der Waals surface area contributed by atoms with Crippen molar-refractivity contribution in [3.05, 3.63) is 0 Å². The Morgan fingerprint density at radius 3 is 2.50 bits per heavy atom. The Hall–Kier alpha value is -0.610. The second-order valence-corrected chi connectivity index (χ2v) is 4.84. The second kappa shape index (κ2) is 11.5. The summed E-state index contributed by atoms with van der Waals surface area (Å²) in [5.41, 5.74) is 5.75. The summed E-state index contributed by atoms with van der Waals surface area (Å²) in [5, 5.41) is 0. The van der Waals surface area contributed by atoms with Gasteiger partial charge in [-0.25, -0.2) is 0 Å². The Labute approximate surface area is 111 Å². The van der Waals surface area contributed by atoms with Crippen molar-refractivity contribution in [3.63, 3.8) is 0 Å². The fourth-order valence-corrected chi connectivity index (χ4v) is 1.77. The van der Waals surface area contributed by atoms with Gasteiger partial charge in [0, 0.05) is 13.7 Å². The molecule has 0 aliphatic carbocycles. The third kappa shape index (κ3) is 9.42. The molecular formula is C14H29NO3. The predicted molar refractivity (Wildman–Crippen MR) is 73.4 cm³/mol. The monoisotopic (exact) mass is 259 g/mol. The molecule has 0 aliphatic heterocycles. The molecular weight excluding hydrogens is 230 g/mol. The van der Waals surface area contributed by atoms with E-state index in [9.17, 15) is 4.79 Å². The van der Waals surface area contributed by atoms with Crippen LogP contribution in [0.15, 0.2) is 0 Å². The first kappa shape index (κ1) is 17.4. The Kier molecular flexibility index (Phi) is 11.1. The Bertz CT molecular complexity index is 209. The predicted octanol–water partition coefficient (Wildman–Crippen LogP) is 2.64. The summed E-state index contributed by atoms with van der Waals surface area (Å²) in [6.45, 7) is 4.75. The molecule has 0 saturated carbocycles. The molecule has 4 heteroatoms. The van der Waals surface area contributed by atoms with Gasteiger partial charge in [-0.15, -0.1) is 0 Å². The van der Waals surface area contributed by atoms with Crippen LogP contribution in [0.1, 0.15) is 58.8 Å². The third-order valence-electron chi connectivity index (χ3n) is 2.95. The maximum atomic E-state index is 11.6. The number of hydrogen-bond acceptors (Lipinski definition) is 4. The SMILES string of the molecule is CCCCCCC(C)OC(=O)C(N)CCCOC. The van der Waals surface area contributed by atoms with Gasteiger partial charge in [-0.1, -0.05) is 26.2 Å². The maximum absolute atomic E-state index is 11.6. The Balaban J connectivity index is 3.64. The normalized spacial score (nSPS) is 14.2. The van der Waals surface area contributed by atoms with E-state index >= 15 is 0 Å². The number of methoxy groups -OCH3 is 1. The van der Waals surface area contributed by atoms with Crippen molar-refractivity contribution in [1.29, 1.82) is 0 Å². The van der Waals surface area contributed by atoms with Crippen molar-refractivity contribution in [2.75, 3.05) is 13.7 Å². The number of unbranched alkanes of at least 4 members (excludes halogenated alkanes) is 3. The highest BCUT2D eigenvalue weighted by Crippen LogP contribution is 2.09. The zero-order valence-electron chi connectivity index (χ0n) is 12.1. The van der Waals surface area contributed by atoms with Gasteiger partial charge in [0.25, 0.3) is 0 Å². The number of ether oxygens (including phenoxy) is 2. The first-order chi connectivity index (χ1) is 8.61. The van der Waals surface area contributed by atoms with Crippen LogP contribution in [0.25, 0.3) is 0 Å². The molecule has 0 aromatic rings. The van der Waals surface area contributed by atoms with Crippen LogP contribution in [0, 0.1) is 0 Å². The van der Waals surface area contributed by atoms with Gasteiger partial charge in [0.1, 0.15) is 6.04 Å². The van der Waals surface area contributed by atoms with Crippen molar-refractivity contribution in [3.8, 4) is 0 Å². The van der Waals surface area contributed by atoms with Crippen molar-refractivity contribution in [1.82, 2.24) is 0 Å². The number of rotatable bonds is 11. The van der Waals surface area contributed by atoms with E-state index in [4.69, 9.17) is 15.2 Å². The second-order valence-electron chi connectivity index (χ2n) is 4.84. The average molecular weight is 259 g/mol. The average Bonchev–Trinajstić information content (AvgIpc) is 2.34. The van der Waals surface area contributed by atoms with Gasteiger partial charge in [-0.3, -0.25) is 4.79 Å². The molecule has 0 saturated heterocycles. The highest BCUT2D eigenvalue weighted by molar-refractivity contribution is 5.75. The molecule has 0 rings (SSSR count). The summed E-state index contributed by atoms with van der Waals surface area (Å²) < 4.78 is 10.2. The van der Waals surface area contributed by atoms with Crippen molar-refractivity contribution in [2.24, 2.45) is 5.73 Å². The zero-order chi connectivity index (χ0) is 13.8. The number of carbonyl (C=O) groups excluding carboxylic acids is 1. The van der Waals surface area contributed by atoms with E-state index in [0.717, 1.165) is 19.3 Å². The summed E-state index contributed by atoms with van der Waals surface area (Å²) in [5.74, 6) is -0.283.